The molecule has 0 radical (unpaired) electrons. The van der Waals surface area contributed by atoms with Gasteiger partial charge < -0.3 is 15.3 Å². The molecule has 0 aromatic rings. The Bertz CT molecular complexity index is 600. The number of aliphatic hydroxyl groups excluding tert-OH is 3. The van der Waals surface area contributed by atoms with Crippen molar-refractivity contribution in [3.63, 3.8) is 0 Å². The summed E-state index contributed by atoms with van der Waals surface area (Å²) < 4.78 is 31.7. The summed E-state index contributed by atoms with van der Waals surface area (Å²) in [6.45, 7) is 3.46. The molecule has 0 heterocycles. The van der Waals surface area contributed by atoms with Gasteiger partial charge in [0.25, 0.3) is 0 Å². The van der Waals surface area contributed by atoms with Gasteiger partial charge in [0.1, 0.15) is 17.6 Å². The number of hydrogen-bond donors (Lipinski definition) is 3. The van der Waals surface area contributed by atoms with Crippen molar-refractivity contribution in [2.24, 2.45) is 28.6 Å². The van der Waals surface area contributed by atoms with Gasteiger partial charge in [0.2, 0.25) is 0 Å². The molecule has 142 valence electrons. The summed E-state index contributed by atoms with van der Waals surface area (Å²) in [5, 5.41) is 31.4. The van der Waals surface area contributed by atoms with Crippen LogP contribution >= 0.6 is 0 Å². The fourth-order valence-corrected chi connectivity index (χ4v) is 7.02. The Labute approximate surface area is 146 Å². The van der Waals surface area contributed by atoms with E-state index in [0.717, 1.165) is 0 Å². The SMILES string of the molecule is C[C@]12C[C@H](O)[C@@]3(F)[C@@H](C[C@H](F)C4CC(=O)CC[C@@]43C)[C@@H]1C[C@@H](O)[C@H]2O. The van der Waals surface area contributed by atoms with E-state index in [1.807, 2.05) is 0 Å². The fraction of sp³-hybridized carbons (Fsp3) is 0.947. The standard InChI is InChI=1S/C19H28F2O4/c1-17-8-15(24)19(21)11(10(17)7-14(23)16(17)25)6-13(20)12-5-9(22)3-4-18(12,19)2/h10-16,23-25H,3-8H2,1-2H3/t10-,11-,12?,13-,14+,15-,16+,17-,18-,19-/m0/s1. The van der Waals surface area contributed by atoms with Gasteiger partial charge in [-0.15, -0.1) is 0 Å². The van der Waals surface area contributed by atoms with Gasteiger partial charge in [0.15, 0.2) is 0 Å². The van der Waals surface area contributed by atoms with Crippen molar-refractivity contribution >= 4 is 5.78 Å². The van der Waals surface area contributed by atoms with Crippen LogP contribution in [0, 0.1) is 28.6 Å². The lowest BCUT2D eigenvalue weighted by atomic mass is 9.42. The van der Waals surface area contributed by atoms with Crippen LogP contribution in [-0.2, 0) is 4.79 Å². The van der Waals surface area contributed by atoms with Gasteiger partial charge in [0.05, 0.1) is 18.3 Å². The van der Waals surface area contributed by atoms with Crippen LogP contribution in [0.15, 0.2) is 0 Å². The van der Waals surface area contributed by atoms with E-state index in [-0.39, 0.29) is 50.2 Å². The van der Waals surface area contributed by atoms with Crippen molar-refractivity contribution in [1.82, 2.24) is 0 Å². The molecule has 0 aromatic carbocycles. The molecule has 10 atom stereocenters. The molecule has 4 aliphatic rings. The molecular weight excluding hydrogens is 330 g/mol. The minimum Gasteiger partial charge on any atom is -0.390 e. The van der Waals surface area contributed by atoms with Gasteiger partial charge in [-0.05, 0) is 31.6 Å². The number of hydrogen-bond acceptors (Lipinski definition) is 4. The molecule has 4 rings (SSSR count). The van der Waals surface area contributed by atoms with Crippen LogP contribution in [0.2, 0.25) is 0 Å². The molecule has 0 bridgehead atoms. The zero-order chi connectivity index (χ0) is 18.4. The minimum atomic E-state index is -1.99. The van der Waals surface area contributed by atoms with Crippen LogP contribution in [0.5, 0.6) is 0 Å². The molecule has 4 aliphatic carbocycles. The molecule has 0 aliphatic heterocycles. The van der Waals surface area contributed by atoms with Crippen molar-refractivity contribution < 1.29 is 28.9 Å². The predicted molar refractivity (Wildman–Crippen MR) is 86.1 cm³/mol. The zero-order valence-electron chi connectivity index (χ0n) is 14.8. The highest BCUT2D eigenvalue weighted by Crippen LogP contribution is 2.69. The van der Waals surface area contributed by atoms with Gasteiger partial charge in [-0.1, -0.05) is 13.8 Å². The van der Waals surface area contributed by atoms with E-state index in [9.17, 15) is 20.1 Å². The topological polar surface area (TPSA) is 77.8 Å². The number of aliphatic hydroxyl groups is 3. The third-order valence-corrected chi connectivity index (χ3v) is 8.51. The number of carbonyl (C=O) groups excluding carboxylic acids is 1. The van der Waals surface area contributed by atoms with E-state index >= 15 is 8.78 Å². The van der Waals surface area contributed by atoms with Crippen LogP contribution in [0.4, 0.5) is 8.78 Å². The molecule has 4 fully saturated rings. The molecule has 0 aromatic heterocycles. The Morgan fingerprint density at radius 1 is 1.08 bits per heavy atom. The highest BCUT2D eigenvalue weighted by Gasteiger charge is 2.74. The van der Waals surface area contributed by atoms with Crippen molar-refractivity contribution in [3.05, 3.63) is 0 Å². The number of fused-ring (bicyclic) bond motifs is 5. The molecule has 4 nitrogen and oxygen atoms in total. The number of ketones is 1. The quantitative estimate of drug-likeness (QED) is 0.618. The Morgan fingerprint density at radius 3 is 2.44 bits per heavy atom. The second-order valence-electron chi connectivity index (χ2n) is 9.47. The Balaban J connectivity index is 1.80. The van der Waals surface area contributed by atoms with Crippen molar-refractivity contribution in [3.8, 4) is 0 Å². The third-order valence-electron chi connectivity index (χ3n) is 8.51. The molecular formula is C19H28F2O4. The number of Topliss-reactive ketones (excluding diaryl/α,β-unsaturated/α-hetero) is 1. The van der Waals surface area contributed by atoms with Gasteiger partial charge in [-0.25, -0.2) is 8.78 Å². The summed E-state index contributed by atoms with van der Waals surface area (Å²) in [6.07, 6.45) is -3.90. The monoisotopic (exact) mass is 358 g/mol. The Kier molecular flexibility index (Phi) is 3.73. The second-order valence-corrected chi connectivity index (χ2v) is 9.47. The second kappa shape index (κ2) is 5.23. The smallest absolute Gasteiger partial charge is 0.145 e. The van der Waals surface area contributed by atoms with Crippen LogP contribution in [-0.4, -0.2) is 51.3 Å². The van der Waals surface area contributed by atoms with E-state index in [1.165, 1.54) is 0 Å². The maximum absolute atomic E-state index is 16.6. The van der Waals surface area contributed by atoms with Crippen molar-refractivity contribution in [1.29, 1.82) is 0 Å². The van der Waals surface area contributed by atoms with Crippen molar-refractivity contribution in [2.75, 3.05) is 0 Å². The first-order valence-corrected chi connectivity index (χ1v) is 9.44. The Morgan fingerprint density at radius 2 is 1.76 bits per heavy atom. The summed E-state index contributed by atoms with van der Waals surface area (Å²) in [5.74, 6) is -1.86. The molecule has 0 saturated heterocycles. The lowest BCUT2D eigenvalue weighted by molar-refractivity contribution is -0.258. The fourth-order valence-electron chi connectivity index (χ4n) is 7.02. The molecule has 1 unspecified atom stereocenters. The van der Waals surface area contributed by atoms with Gasteiger partial charge in [-0.3, -0.25) is 4.79 Å². The summed E-state index contributed by atoms with van der Waals surface area (Å²) in [7, 11) is 0. The lowest BCUT2D eigenvalue weighted by Gasteiger charge is -2.65. The van der Waals surface area contributed by atoms with Gasteiger partial charge >= 0.3 is 0 Å². The maximum atomic E-state index is 16.6. The number of carbonyl (C=O) groups is 1. The van der Waals surface area contributed by atoms with Gasteiger partial charge in [-0.2, -0.15) is 0 Å². The molecule has 3 N–H and O–H groups in total. The first-order valence-electron chi connectivity index (χ1n) is 9.44. The third kappa shape index (κ3) is 1.99. The predicted octanol–water partition coefficient (Wildman–Crippen LogP) is 1.94. The van der Waals surface area contributed by atoms with Crippen molar-refractivity contribution in [2.45, 2.75) is 82.5 Å². The first kappa shape index (κ1) is 17.8. The van der Waals surface area contributed by atoms with Crippen LogP contribution < -0.4 is 0 Å². The molecule has 4 saturated carbocycles. The number of rotatable bonds is 0. The number of halogens is 2. The zero-order valence-corrected chi connectivity index (χ0v) is 14.8. The number of alkyl halides is 2. The average molecular weight is 358 g/mol. The summed E-state index contributed by atoms with van der Waals surface area (Å²) in [5.41, 5.74) is -3.90. The molecule has 25 heavy (non-hydrogen) atoms. The largest absolute Gasteiger partial charge is 0.390 e. The summed E-state index contributed by atoms with van der Waals surface area (Å²) in [4.78, 5) is 11.9. The van der Waals surface area contributed by atoms with E-state index in [0.29, 0.717) is 0 Å². The van der Waals surface area contributed by atoms with Crippen LogP contribution in [0.25, 0.3) is 0 Å². The minimum absolute atomic E-state index is 0.0333. The molecule has 0 amide bonds. The Hall–Kier alpha value is -0.590. The van der Waals surface area contributed by atoms with E-state index in [4.69, 9.17) is 0 Å². The normalized spacial score (nSPS) is 61.4. The van der Waals surface area contributed by atoms with E-state index in [2.05, 4.69) is 0 Å². The van der Waals surface area contributed by atoms with Crippen LogP contribution in [0.3, 0.4) is 0 Å². The van der Waals surface area contributed by atoms with E-state index in [1.54, 1.807) is 13.8 Å². The highest BCUT2D eigenvalue weighted by atomic mass is 19.1. The summed E-state index contributed by atoms with van der Waals surface area (Å²) >= 11 is 0. The molecule has 0 spiro atoms. The lowest BCUT2D eigenvalue weighted by Crippen LogP contribution is -2.71. The maximum Gasteiger partial charge on any atom is 0.145 e. The van der Waals surface area contributed by atoms with Crippen LogP contribution in [0.1, 0.15) is 52.4 Å². The molecule has 6 heteroatoms. The van der Waals surface area contributed by atoms with E-state index < -0.39 is 52.8 Å². The van der Waals surface area contributed by atoms with Gasteiger partial charge in [0, 0.05) is 35.5 Å². The first-order chi connectivity index (χ1) is 11.6. The highest BCUT2D eigenvalue weighted by molar-refractivity contribution is 5.80. The summed E-state index contributed by atoms with van der Waals surface area (Å²) in [6, 6.07) is 0. The average Bonchev–Trinajstić information content (AvgIpc) is 2.76.